The number of nitriles is 1. The zero-order valence-corrected chi connectivity index (χ0v) is 11.9. The molecule has 0 amide bonds. The summed E-state index contributed by atoms with van der Waals surface area (Å²) < 4.78 is 25.8. The van der Waals surface area contributed by atoms with E-state index < -0.39 is 10.0 Å². The molecule has 0 saturated heterocycles. The molecule has 0 aliphatic rings. The SMILES string of the molecule is CSCCN(C)S(=O)(=O)c1ccc(N)cc1C#N. The van der Waals surface area contributed by atoms with Crippen LogP contribution in [0.3, 0.4) is 0 Å². The first kappa shape index (κ1) is 14.8. The van der Waals surface area contributed by atoms with Gasteiger partial charge in [-0.15, -0.1) is 0 Å². The quantitative estimate of drug-likeness (QED) is 0.819. The van der Waals surface area contributed by atoms with Gasteiger partial charge in [-0.3, -0.25) is 0 Å². The van der Waals surface area contributed by atoms with Gasteiger partial charge in [-0.05, 0) is 24.5 Å². The molecule has 0 bridgehead atoms. The minimum atomic E-state index is -3.63. The second kappa shape index (κ2) is 6.09. The summed E-state index contributed by atoms with van der Waals surface area (Å²) in [5.41, 5.74) is 5.99. The lowest BCUT2D eigenvalue weighted by Gasteiger charge is -2.17. The standard InChI is InChI=1S/C11H15N3O2S2/c1-14(5-6-17-2)18(15,16)11-4-3-10(13)7-9(11)8-12/h3-4,7H,5-6,13H2,1-2H3. The van der Waals surface area contributed by atoms with E-state index in [0.717, 1.165) is 0 Å². The minimum absolute atomic E-state index is 0.00260. The Kier molecular flexibility index (Phi) is 5.02. The average Bonchev–Trinajstić information content (AvgIpc) is 2.35. The van der Waals surface area contributed by atoms with E-state index in [1.165, 1.54) is 29.6 Å². The summed E-state index contributed by atoms with van der Waals surface area (Å²) in [5.74, 6) is 0.701. The Bertz CT molecular complexity index is 564. The Morgan fingerprint density at radius 3 is 2.72 bits per heavy atom. The summed E-state index contributed by atoms with van der Waals surface area (Å²) in [7, 11) is -2.13. The molecule has 5 nitrogen and oxygen atoms in total. The van der Waals surface area contributed by atoms with Gasteiger partial charge < -0.3 is 5.73 Å². The number of sulfonamides is 1. The van der Waals surface area contributed by atoms with Gasteiger partial charge in [-0.1, -0.05) is 0 Å². The number of thioether (sulfide) groups is 1. The first-order chi connectivity index (χ1) is 8.43. The Hall–Kier alpha value is -1.23. The first-order valence-electron chi connectivity index (χ1n) is 5.18. The van der Waals surface area contributed by atoms with Crippen LogP contribution in [0.1, 0.15) is 5.56 Å². The molecule has 7 heteroatoms. The Morgan fingerprint density at radius 2 is 2.17 bits per heavy atom. The molecule has 1 aromatic carbocycles. The molecule has 0 spiro atoms. The number of nitrogens with two attached hydrogens (primary N) is 1. The molecule has 98 valence electrons. The lowest BCUT2D eigenvalue weighted by Crippen LogP contribution is -2.29. The zero-order valence-electron chi connectivity index (χ0n) is 10.3. The van der Waals surface area contributed by atoms with Crippen molar-refractivity contribution in [2.45, 2.75) is 4.90 Å². The van der Waals surface area contributed by atoms with Crippen molar-refractivity contribution in [3.05, 3.63) is 23.8 Å². The van der Waals surface area contributed by atoms with Gasteiger partial charge >= 0.3 is 0 Å². The number of nitrogen functional groups attached to an aromatic ring is 1. The Balaban J connectivity index is 3.17. The van der Waals surface area contributed by atoms with E-state index in [-0.39, 0.29) is 10.5 Å². The van der Waals surface area contributed by atoms with Gasteiger partial charge in [0, 0.05) is 25.0 Å². The molecule has 1 rings (SSSR count). The third-order valence-corrected chi connectivity index (χ3v) is 4.93. The fraction of sp³-hybridized carbons (Fsp3) is 0.364. The highest BCUT2D eigenvalue weighted by Gasteiger charge is 2.23. The minimum Gasteiger partial charge on any atom is -0.399 e. The fourth-order valence-electron chi connectivity index (χ4n) is 1.37. The molecule has 0 saturated carbocycles. The number of hydrogen-bond donors (Lipinski definition) is 1. The molecule has 0 radical (unpaired) electrons. The van der Waals surface area contributed by atoms with Crippen molar-refractivity contribution in [3.63, 3.8) is 0 Å². The van der Waals surface area contributed by atoms with Crippen LogP contribution in [0.15, 0.2) is 23.1 Å². The molecular formula is C11H15N3O2S2. The third kappa shape index (κ3) is 3.16. The van der Waals surface area contributed by atoms with Crippen molar-refractivity contribution >= 4 is 27.5 Å². The van der Waals surface area contributed by atoms with Gasteiger partial charge in [0.25, 0.3) is 0 Å². The maximum atomic E-state index is 12.3. The predicted molar refractivity (Wildman–Crippen MR) is 73.8 cm³/mol. The normalized spacial score (nSPS) is 11.4. The van der Waals surface area contributed by atoms with Gasteiger partial charge in [0.1, 0.15) is 11.0 Å². The van der Waals surface area contributed by atoms with Crippen molar-refractivity contribution in [1.29, 1.82) is 5.26 Å². The molecule has 0 atom stereocenters. The number of benzene rings is 1. The smallest absolute Gasteiger partial charge is 0.244 e. The zero-order chi connectivity index (χ0) is 13.8. The maximum absolute atomic E-state index is 12.3. The molecular weight excluding hydrogens is 270 g/mol. The summed E-state index contributed by atoms with van der Waals surface area (Å²) in [6.45, 7) is 0.402. The molecule has 0 unspecified atom stereocenters. The van der Waals surface area contributed by atoms with Gasteiger partial charge in [0.2, 0.25) is 10.0 Å². The summed E-state index contributed by atoms with van der Waals surface area (Å²) in [6.07, 6.45) is 1.91. The predicted octanol–water partition coefficient (Wildman–Crippen LogP) is 1.12. The van der Waals surface area contributed by atoms with Crippen LogP contribution in [-0.4, -0.2) is 38.3 Å². The van der Waals surface area contributed by atoms with Crippen molar-refractivity contribution in [2.24, 2.45) is 0 Å². The van der Waals surface area contributed by atoms with E-state index in [4.69, 9.17) is 11.0 Å². The molecule has 18 heavy (non-hydrogen) atoms. The summed E-state index contributed by atoms with van der Waals surface area (Å²) >= 11 is 1.56. The number of anilines is 1. The van der Waals surface area contributed by atoms with Gasteiger partial charge in [0.15, 0.2) is 0 Å². The molecule has 0 heterocycles. The topological polar surface area (TPSA) is 87.2 Å². The second-order valence-electron chi connectivity index (χ2n) is 3.69. The Labute approximate surface area is 112 Å². The third-order valence-electron chi connectivity index (χ3n) is 2.42. The fourth-order valence-corrected chi connectivity index (χ4v) is 3.23. The summed E-state index contributed by atoms with van der Waals surface area (Å²) in [6, 6.07) is 6.09. The van der Waals surface area contributed by atoms with E-state index >= 15 is 0 Å². The van der Waals surface area contributed by atoms with E-state index in [0.29, 0.717) is 18.0 Å². The summed E-state index contributed by atoms with van der Waals surface area (Å²) in [4.78, 5) is 0.00260. The largest absolute Gasteiger partial charge is 0.399 e. The van der Waals surface area contributed by atoms with Crippen LogP contribution >= 0.6 is 11.8 Å². The highest BCUT2D eigenvalue weighted by atomic mass is 32.2. The maximum Gasteiger partial charge on any atom is 0.244 e. The van der Waals surface area contributed by atoms with Crippen molar-refractivity contribution in [1.82, 2.24) is 4.31 Å². The van der Waals surface area contributed by atoms with Crippen molar-refractivity contribution in [2.75, 3.05) is 31.3 Å². The van der Waals surface area contributed by atoms with Crippen LogP contribution in [0.2, 0.25) is 0 Å². The van der Waals surface area contributed by atoms with Gasteiger partial charge in [-0.25, -0.2) is 12.7 Å². The molecule has 0 aliphatic heterocycles. The highest BCUT2D eigenvalue weighted by molar-refractivity contribution is 7.98. The number of nitrogens with zero attached hydrogens (tertiary/aromatic N) is 2. The Morgan fingerprint density at radius 1 is 1.50 bits per heavy atom. The highest BCUT2D eigenvalue weighted by Crippen LogP contribution is 2.21. The average molecular weight is 285 g/mol. The van der Waals surface area contributed by atoms with E-state index in [9.17, 15) is 8.42 Å². The van der Waals surface area contributed by atoms with Crippen molar-refractivity contribution in [3.8, 4) is 6.07 Å². The van der Waals surface area contributed by atoms with E-state index in [1.54, 1.807) is 11.8 Å². The van der Waals surface area contributed by atoms with E-state index in [2.05, 4.69) is 0 Å². The molecule has 0 aliphatic carbocycles. The molecule has 0 aromatic heterocycles. The summed E-state index contributed by atoms with van der Waals surface area (Å²) in [5, 5.41) is 8.97. The lowest BCUT2D eigenvalue weighted by atomic mass is 10.2. The monoisotopic (exact) mass is 285 g/mol. The van der Waals surface area contributed by atoms with Crippen LogP contribution in [0.4, 0.5) is 5.69 Å². The van der Waals surface area contributed by atoms with Gasteiger partial charge in [-0.2, -0.15) is 17.0 Å². The number of hydrogen-bond acceptors (Lipinski definition) is 5. The lowest BCUT2D eigenvalue weighted by molar-refractivity contribution is 0.488. The van der Waals surface area contributed by atoms with Gasteiger partial charge in [0.05, 0.1) is 5.56 Å². The van der Waals surface area contributed by atoms with Crippen LogP contribution < -0.4 is 5.73 Å². The second-order valence-corrected chi connectivity index (χ2v) is 6.69. The van der Waals surface area contributed by atoms with E-state index in [1.807, 2.05) is 12.3 Å². The van der Waals surface area contributed by atoms with Crippen LogP contribution in [0, 0.1) is 11.3 Å². The first-order valence-corrected chi connectivity index (χ1v) is 8.01. The van der Waals surface area contributed by atoms with Crippen molar-refractivity contribution < 1.29 is 8.42 Å². The molecule has 2 N–H and O–H groups in total. The molecule has 0 fully saturated rings. The van der Waals surface area contributed by atoms with Crippen LogP contribution in [0.5, 0.6) is 0 Å². The molecule has 1 aromatic rings. The number of rotatable bonds is 5. The van der Waals surface area contributed by atoms with Crippen LogP contribution in [-0.2, 0) is 10.0 Å². The van der Waals surface area contributed by atoms with Crippen LogP contribution in [0.25, 0.3) is 0 Å².